The molecule has 0 atom stereocenters. The first-order valence-corrected chi connectivity index (χ1v) is 2.81. The molecule has 0 radical (unpaired) electrons. The molecule has 0 aromatic heterocycles. The molecule has 0 saturated carbocycles. The van der Waals surface area contributed by atoms with Crippen LogP contribution >= 0.6 is 35.7 Å². The summed E-state index contributed by atoms with van der Waals surface area (Å²) in [6.07, 6.45) is 1.13. The Bertz CT molecular complexity index is 93.7. The van der Waals surface area contributed by atoms with Crippen LogP contribution in [0.15, 0.2) is 3.21 Å². The van der Waals surface area contributed by atoms with E-state index in [0.29, 0.717) is 0 Å². The Hall–Kier alpha value is 0.220. The summed E-state index contributed by atoms with van der Waals surface area (Å²) in [6.45, 7) is 0. The minimum atomic E-state index is -0.308. The van der Waals surface area contributed by atoms with E-state index in [2.05, 4.69) is 20.7 Å². The fraction of sp³-hybridized carbons (Fsp3) is 0. The number of hydrogen-bond acceptors (Lipinski definition) is 3. The lowest BCUT2D eigenvalue weighted by Gasteiger charge is -1.81. The molecular formula is C2H3IN2OS. The molecule has 0 fully saturated rings. The summed E-state index contributed by atoms with van der Waals surface area (Å²) >= 11 is 5.16. The number of rotatable bonds is 1. The summed E-state index contributed by atoms with van der Waals surface area (Å²) in [5, 5.41) is 0. The summed E-state index contributed by atoms with van der Waals surface area (Å²) in [4.78, 5) is 10.1. The average Bonchev–Trinajstić information content (AvgIpc) is 1.68. The van der Waals surface area contributed by atoms with E-state index in [1.165, 1.54) is 0 Å². The molecule has 1 amide bonds. The van der Waals surface area contributed by atoms with E-state index < -0.39 is 0 Å². The zero-order valence-corrected chi connectivity index (χ0v) is 6.31. The van der Waals surface area contributed by atoms with Crippen molar-refractivity contribution in [1.29, 1.82) is 0 Å². The fourth-order valence-corrected chi connectivity index (χ4v) is 0.384. The van der Waals surface area contributed by atoms with Gasteiger partial charge >= 0.3 is 0 Å². The molecule has 0 aromatic rings. The SMILES string of the molecule is O=C(/C=N\I)NS. The molecule has 0 aliphatic rings. The molecule has 0 rings (SSSR count). The number of thiol groups is 1. The van der Waals surface area contributed by atoms with E-state index in [1.807, 2.05) is 0 Å². The number of hydrogen-bond donors (Lipinski definition) is 2. The Morgan fingerprint density at radius 3 is 2.71 bits per heavy atom. The predicted octanol–water partition coefficient (Wildman–Crippen LogP) is 0.368. The maximum Gasteiger partial charge on any atom is 0.272 e. The number of nitrogens with zero attached hydrogens (tertiary/aromatic N) is 1. The minimum absolute atomic E-state index is 0.308. The Labute approximate surface area is 60.6 Å². The predicted molar refractivity (Wildman–Crippen MR) is 39.6 cm³/mol. The first-order chi connectivity index (χ1) is 3.31. The lowest BCUT2D eigenvalue weighted by atomic mass is 10.7. The highest BCUT2D eigenvalue weighted by atomic mass is 127. The zero-order valence-electron chi connectivity index (χ0n) is 3.26. The molecule has 0 spiro atoms. The van der Waals surface area contributed by atoms with Gasteiger partial charge in [0.15, 0.2) is 0 Å². The van der Waals surface area contributed by atoms with Crippen molar-refractivity contribution >= 4 is 47.8 Å². The summed E-state index contributed by atoms with van der Waals surface area (Å²) in [5.41, 5.74) is 0. The first kappa shape index (κ1) is 7.22. The molecule has 0 aliphatic carbocycles. The van der Waals surface area contributed by atoms with E-state index >= 15 is 0 Å². The molecule has 0 aliphatic heterocycles. The van der Waals surface area contributed by atoms with Crippen LogP contribution in [0.1, 0.15) is 0 Å². The van der Waals surface area contributed by atoms with Crippen molar-refractivity contribution < 1.29 is 4.79 Å². The maximum absolute atomic E-state index is 10.1. The highest BCUT2D eigenvalue weighted by Gasteiger charge is 1.84. The molecule has 0 bridgehead atoms. The standard InChI is InChI=1S/C2H3IN2OS/c3-4-1-2(6)5-7/h1,7H,(H,5,6)/b4-1-. The second-order valence-electron chi connectivity index (χ2n) is 0.703. The lowest BCUT2D eigenvalue weighted by molar-refractivity contribution is -0.112. The van der Waals surface area contributed by atoms with Crippen molar-refractivity contribution in [3.63, 3.8) is 0 Å². The van der Waals surface area contributed by atoms with Crippen LogP contribution in [0.25, 0.3) is 0 Å². The van der Waals surface area contributed by atoms with Gasteiger partial charge in [0, 0.05) is 0 Å². The molecule has 1 N–H and O–H groups in total. The Kier molecular flexibility index (Phi) is 4.52. The molecule has 0 saturated heterocycles. The third kappa shape index (κ3) is 4.07. The number of halogens is 1. The molecule has 0 unspecified atom stereocenters. The van der Waals surface area contributed by atoms with Gasteiger partial charge in [0.25, 0.3) is 5.91 Å². The van der Waals surface area contributed by atoms with Gasteiger partial charge in [0.2, 0.25) is 0 Å². The quantitative estimate of drug-likeness (QED) is 0.381. The maximum atomic E-state index is 10.1. The second kappa shape index (κ2) is 4.38. The van der Waals surface area contributed by atoms with Crippen molar-refractivity contribution in [3.05, 3.63) is 0 Å². The van der Waals surface area contributed by atoms with Gasteiger partial charge in [0.05, 0.1) is 29.1 Å². The van der Waals surface area contributed by atoms with Gasteiger partial charge < -0.3 is 0 Å². The van der Waals surface area contributed by atoms with Crippen molar-refractivity contribution in [2.24, 2.45) is 3.21 Å². The van der Waals surface area contributed by atoms with E-state index in [-0.39, 0.29) is 5.91 Å². The molecule has 0 aromatic carbocycles. The number of carbonyl (C=O) groups is 1. The van der Waals surface area contributed by atoms with Crippen molar-refractivity contribution in [3.8, 4) is 0 Å². The third-order valence-corrected chi connectivity index (χ3v) is 0.775. The van der Waals surface area contributed by atoms with Crippen LogP contribution in [0.2, 0.25) is 0 Å². The Morgan fingerprint density at radius 2 is 2.57 bits per heavy atom. The van der Waals surface area contributed by atoms with Crippen LogP contribution in [0.3, 0.4) is 0 Å². The van der Waals surface area contributed by atoms with Crippen LogP contribution in [0.5, 0.6) is 0 Å². The van der Waals surface area contributed by atoms with Crippen LogP contribution in [-0.4, -0.2) is 12.1 Å². The monoisotopic (exact) mass is 230 g/mol. The summed E-state index contributed by atoms with van der Waals surface area (Å²) in [5.74, 6) is -0.308. The summed E-state index contributed by atoms with van der Waals surface area (Å²) in [6, 6.07) is 0. The van der Waals surface area contributed by atoms with Crippen LogP contribution < -0.4 is 4.72 Å². The van der Waals surface area contributed by atoms with Crippen LogP contribution in [0.4, 0.5) is 0 Å². The second-order valence-corrected chi connectivity index (χ2v) is 1.48. The van der Waals surface area contributed by atoms with E-state index in [4.69, 9.17) is 0 Å². The van der Waals surface area contributed by atoms with Crippen LogP contribution in [-0.2, 0) is 4.79 Å². The van der Waals surface area contributed by atoms with Gasteiger partial charge in [-0.1, -0.05) is 12.8 Å². The minimum Gasteiger partial charge on any atom is -0.298 e. The highest BCUT2D eigenvalue weighted by molar-refractivity contribution is 14.1. The van der Waals surface area contributed by atoms with Gasteiger partial charge in [-0.25, -0.2) is 3.21 Å². The van der Waals surface area contributed by atoms with E-state index in [9.17, 15) is 4.79 Å². The van der Waals surface area contributed by atoms with Crippen molar-refractivity contribution in [2.45, 2.75) is 0 Å². The molecule has 40 valence electrons. The van der Waals surface area contributed by atoms with Gasteiger partial charge in [-0.15, -0.1) is 0 Å². The van der Waals surface area contributed by atoms with Gasteiger partial charge in [-0.2, -0.15) is 0 Å². The van der Waals surface area contributed by atoms with Crippen molar-refractivity contribution in [1.82, 2.24) is 4.72 Å². The number of carbonyl (C=O) groups excluding carboxylic acids is 1. The zero-order chi connectivity index (χ0) is 5.70. The Morgan fingerprint density at radius 1 is 2.00 bits per heavy atom. The third-order valence-electron chi connectivity index (χ3n) is 0.276. The molecular weight excluding hydrogens is 227 g/mol. The molecule has 3 nitrogen and oxygen atoms in total. The van der Waals surface area contributed by atoms with Gasteiger partial charge in [-0.3, -0.25) is 9.52 Å². The largest absolute Gasteiger partial charge is 0.298 e. The molecule has 7 heavy (non-hydrogen) atoms. The number of nitrogens with one attached hydrogen (secondary N) is 1. The Balaban J connectivity index is 3.37. The summed E-state index contributed by atoms with van der Waals surface area (Å²) < 4.78 is 5.46. The van der Waals surface area contributed by atoms with Gasteiger partial charge in [0.1, 0.15) is 0 Å². The molecule has 0 heterocycles. The lowest BCUT2D eigenvalue weighted by Crippen LogP contribution is -2.12. The molecule has 5 heteroatoms. The summed E-state index contributed by atoms with van der Waals surface area (Å²) in [7, 11) is 0. The topological polar surface area (TPSA) is 41.5 Å². The average molecular weight is 230 g/mol. The van der Waals surface area contributed by atoms with Gasteiger partial charge in [-0.05, 0) is 0 Å². The van der Waals surface area contributed by atoms with E-state index in [1.54, 1.807) is 22.9 Å². The smallest absolute Gasteiger partial charge is 0.272 e. The van der Waals surface area contributed by atoms with Crippen LogP contribution in [0, 0.1) is 0 Å². The van der Waals surface area contributed by atoms with Crippen molar-refractivity contribution in [2.75, 3.05) is 0 Å². The first-order valence-electron chi connectivity index (χ1n) is 1.39. The highest BCUT2D eigenvalue weighted by Crippen LogP contribution is 1.76. The normalized spacial score (nSPS) is 9.43. The van der Waals surface area contributed by atoms with E-state index in [0.717, 1.165) is 6.21 Å². The fourth-order valence-electron chi connectivity index (χ4n) is 0.0732. The number of amides is 1.